The minimum Gasteiger partial charge on any atom is -0.292 e. The van der Waals surface area contributed by atoms with Crippen LogP contribution in [-0.2, 0) is 11.2 Å². The predicted molar refractivity (Wildman–Crippen MR) is 52.0 cm³/mol. The number of carbonyl (C=O) groups is 1. The molecule has 74 valence electrons. The van der Waals surface area contributed by atoms with E-state index in [9.17, 15) is 14.9 Å². The standard InChI is InChI=1S/C9H8ClNO3/c10-8-3-1-2-7(4-8)5-9(12)6-11(13)14/h1-4H,5-6H2. The Morgan fingerprint density at radius 1 is 1.50 bits per heavy atom. The summed E-state index contributed by atoms with van der Waals surface area (Å²) in [5, 5.41) is 10.5. The van der Waals surface area contributed by atoms with Gasteiger partial charge in [0.1, 0.15) is 0 Å². The van der Waals surface area contributed by atoms with E-state index in [4.69, 9.17) is 11.6 Å². The fourth-order valence-corrected chi connectivity index (χ4v) is 1.29. The highest BCUT2D eigenvalue weighted by molar-refractivity contribution is 6.30. The van der Waals surface area contributed by atoms with Crippen molar-refractivity contribution < 1.29 is 9.72 Å². The van der Waals surface area contributed by atoms with Crippen LogP contribution in [0, 0.1) is 10.1 Å². The van der Waals surface area contributed by atoms with Gasteiger partial charge in [-0.25, -0.2) is 0 Å². The van der Waals surface area contributed by atoms with E-state index in [1.54, 1.807) is 24.3 Å². The van der Waals surface area contributed by atoms with Crippen LogP contribution < -0.4 is 0 Å². The molecular weight excluding hydrogens is 206 g/mol. The molecule has 5 heteroatoms. The number of halogens is 1. The van der Waals surface area contributed by atoms with Gasteiger partial charge in [-0.05, 0) is 17.7 Å². The number of Topliss-reactive ketones (excluding diaryl/α,β-unsaturated/α-hetero) is 1. The Kier molecular flexibility index (Phi) is 3.59. The summed E-state index contributed by atoms with van der Waals surface area (Å²) in [4.78, 5) is 20.4. The van der Waals surface area contributed by atoms with Crippen molar-refractivity contribution in [1.82, 2.24) is 0 Å². The van der Waals surface area contributed by atoms with E-state index in [1.165, 1.54) is 0 Å². The van der Waals surface area contributed by atoms with Crippen molar-refractivity contribution >= 4 is 17.4 Å². The molecule has 1 aromatic rings. The molecule has 0 aromatic heterocycles. The molecule has 14 heavy (non-hydrogen) atoms. The van der Waals surface area contributed by atoms with Crippen LogP contribution in [0.4, 0.5) is 0 Å². The zero-order valence-electron chi connectivity index (χ0n) is 7.27. The van der Waals surface area contributed by atoms with Gasteiger partial charge in [-0.15, -0.1) is 0 Å². The van der Waals surface area contributed by atoms with Crippen LogP contribution in [0.3, 0.4) is 0 Å². The minimum absolute atomic E-state index is 0.0571. The fraction of sp³-hybridized carbons (Fsp3) is 0.222. The molecule has 1 aromatic carbocycles. The molecule has 0 amide bonds. The molecule has 0 fully saturated rings. The lowest BCUT2D eigenvalue weighted by molar-refractivity contribution is -0.467. The lowest BCUT2D eigenvalue weighted by Crippen LogP contribution is -2.15. The van der Waals surface area contributed by atoms with Gasteiger partial charge in [0.25, 0.3) is 6.54 Å². The van der Waals surface area contributed by atoms with Crippen LogP contribution in [0.1, 0.15) is 5.56 Å². The molecule has 0 unspecified atom stereocenters. The van der Waals surface area contributed by atoms with Gasteiger partial charge in [-0.1, -0.05) is 23.7 Å². The summed E-state index contributed by atoms with van der Waals surface area (Å²) in [6.45, 7) is -0.632. The molecule has 0 aliphatic rings. The number of hydrogen-bond acceptors (Lipinski definition) is 3. The highest BCUT2D eigenvalue weighted by atomic mass is 35.5. The van der Waals surface area contributed by atoms with Crippen molar-refractivity contribution in [3.63, 3.8) is 0 Å². The van der Waals surface area contributed by atoms with E-state index in [0.717, 1.165) is 0 Å². The van der Waals surface area contributed by atoms with Gasteiger partial charge in [-0.3, -0.25) is 14.9 Å². The lowest BCUT2D eigenvalue weighted by Gasteiger charge is -1.98. The zero-order valence-corrected chi connectivity index (χ0v) is 8.03. The number of ketones is 1. The van der Waals surface area contributed by atoms with Crippen LogP contribution in [-0.4, -0.2) is 17.3 Å². The molecule has 0 saturated heterocycles. The van der Waals surface area contributed by atoms with Gasteiger partial charge in [0.2, 0.25) is 5.78 Å². The van der Waals surface area contributed by atoms with E-state index >= 15 is 0 Å². The fourth-order valence-electron chi connectivity index (χ4n) is 1.07. The maximum absolute atomic E-state index is 11.0. The minimum atomic E-state index is -0.632. The second kappa shape index (κ2) is 4.72. The number of nitro groups is 1. The normalized spacial score (nSPS) is 9.79. The summed E-state index contributed by atoms with van der Waals surface area (Å²) in [5.41, 5.74) is 0.698. The molecule has 0 radical (unpaired) electrons. The monoisotopic (exact) mass is 213 g/mol. The first kappa shape index (κ1) is 10.7. The first-order valence-corrected chi connectivity index (χ1v) is 4.33. The molecule has 0 atom stereocenters. The second-order valence-corrected chi connectivity index (χ2v) is 3.27. The van der Waals surface area contributed by atoms with Crippen molar-refractivity contribution in [3.05, 3.63) is 45.0 Å². The molecule has 0 N–H and O–H groups in total. The van der Waals surface area contributed by atoms with Gasteiger partial charge >= 0.3 is 0 Å². The Labute approximate surface area is 85.6 Å². The Bertz CT molecular complexity index is 365. The van der Waals surface area contributed by atoms with Crippen LogP contribution in [0.15, 0.2) is 24.3 Å². The van der Waals surface area contributed by atoms with Crippen LogP contribution in [0.2, 0.25) is 5.02 Å². The smallest absolute Gasteiger partial charge is 0.261 e. The van der Waals surface area contributed by atoms with E-state index in [1.807, 2.05) is 0 Å². The molecule has 0 bridgehead atoms. The van der Waals surface area contributed by atoms with Gasteiger partial charge in [0.15, 0.2) is 0 Å². The average molecular weight is 214 g/mol. The lowest BCUT2D eigenvalue weighted by atomic mass is 10.1. The molecule has 0 spiro atoms. The largest absolute Gasteiger partial charge is 0.292 e. The number of nitrogens with zero attached hydrogens (tertiary/aromatic N) is 1. The van der Waals surface area contributed by atoms with Crippen molar-refractivity contribution in [3.8, 4) is 0 Å². The molecule has 0 aliphatic carbocycles. The van der Waals surface area contributed by atoms with Crippen molar-refractivity contribution in [2.45, 2.75) is 6.42 Å². The Morgan fingerprint density at radius 3 is 2.79 bits per heavy atom. The van der Waals surface area contributed by atoms with Crippen LogP contribution in [0.25, 0.3) is 0 Å². The highest BCUT2D eigenvalue weighted by Gasteiger charge is 2.10. The van der Waals surface area contributed by atoms with Gasteiger partial charge in [-0.2, -0.15) is 0 Å². The summed E-state index contributed by atoms with van der Waals surface area (Å²) in [5.74, 6) is -0.419. The first-order valence-electron chi connectivity index (χ1n) is 3.96. The van der Waals surface area contributed by atoms with E-state index < -0.39 is 17.3 Å². The third-order valence-electron chi connectivity index (χ3n) is 1.60. The molecule has 0 heterocycles. The quantitative estimate of drug-likeness (QED) is 0.565. The van der Waals surface area contributed by atoms with Gasteiger partial charge < -0.3 is 0 Å². The third kappa shape index (κ3) is 3.53. The van der Waals surface area contributed by atoms with Crippen molar-refractivity contribution in [2.75, 3.05) is 6.54 Å². The van der Waals surface area contributed by atoms with Crippen molar-refractivity contribution in [1.29, 1.82) is 0 Å². The predicted octanol–water partition coefficient (Wildman–Crippen LogP) is 1.73. The first-order chi connectivity index (χ1) is 6.58. The number of benzene rings is 1. The summed E-state index contributed by atoms with van der Waals surface area (Å²) >= 11 is 5.69. The number of rotatable bonds is 4. The Balaban J connectivity index is 2.60. The van der Waals surface area contributed by atoms with Gasteiger partial charge in [0.05, 0.1) is 0 Å². The molecule has 4 nitrogen and oxygen atoms in total. The summed E-state index contributed by atoms with van der Waals surface area (Å²) < 4.78 is 0. The van der Waals surface area contributed by atoms with Crippen LogP contribution in [0.5, 0.6) is 0 Å². The summed E-state index contributed by atoms with van der Waals surface area (Å²) in [7, 11) is 0. The van der Waals surface area contributed by atoms with Gasteiger partial charge in [0, 0.05) is 16.4 Å². The van der Waals surface area contributed by atoms with E-state index in [-0.39, 0.29) is 6.42 Å². The average Bonchev–Trinajstić information content (AvgIpc) is 2.01. The summed E-state index contributed by atoms with van der Waals surface area (Å²) in [6.07, 6.45) is 0.0571. The molecular formula is C9H8ClNO3. The molecule has 1 rings (SSSR count). The SMILES string of the molecule is O=C(Cc1cccc(Cl)c1)C[N+](=O)[O-]. The molecule has 0 aliphatic heterocycles. The van der Waals surface area contributed by atoms with Crippen molar-refractivity contribution in [2.24, 2.45) is 0 Å². The number of carbonyl (C=O) groups excluding carboxylic acids is 1. The van der Waals surface area contributed by atoms with E-state index in [2.05, 4.69) is 0 Å². The summed E-state index contributed by atoms with van der Waals surface area (Å²) in [6, 6.07) is 6.73. The second-order valence-electron chi connectivity index (χ2n) is 2.84. The Hall–Kier alpha value is -1.42. The van der Waals surface area contributed by atoms with E-state index in [0.29, 0.717) is 10.6 Å². The maximum Gasteiger partial charge on any atom is 0.261 e. The Morgan fingerprint density at radius 2 is 2.21 bits per heavy atom. The topological polar surface area (TPSA) is 60.2 Å². The highest BCUT2D eigenvalue weighted by Crippen LogP contribution is 2.11. The molecule has 0 saturated carbocycles. The maximum atomic E-state index is 11.0. The van der Waals surface area contributed by atoms with Crippen LogP contribution >= 0.6 is 11.6 Å². The zero-order chi connectivity index (χ0) is 10.6. The third-order valence-corrected chi connectivity index (χ3v) is 1.83. The number of hydrogen-bond donors (Lipinski definition) is 0.